The third kappa shape index (κ3) is 5.38. The largest absolute Gasteiger partial charge is 0.384 e. The summed E-state index contributed by atoms with van der Waals surface area (Å²) >= 11 is 5.42. The lowest BCUT2D eigenvalue weighted by molar-refractivity contribution is 0.887. The van der Waals surface area contributed by atoms with Crippen LogP contribution >= 0.6 is 11.6 Å². The molecule has 0 aromatic heterocycles. The Hall–Kier alpha value is -0.760. The summed E-state index contributed by atoms with van der Waals surface area (Å²) in [5, 5.41) is 2.97. The highest BCUT2D eigenvalue weighted by Crippen LogP contribution is 1.86. The second-order valence-corrected chi connectivity index (χ2v) is 2.02. The molecule has 56 valence electrons. The quantitative estimate of drug-likeness (QED) is 0.367. The monoisotopic (exact) mass is 158 g/mol. The van der Waals surface area contributed by atoms with Crippen LogP contribution in [0.4, 0.5) is 0 Å². The molecule has 0 saturated carbocycles. The van der Waals surface area contributed by atoms with Gasteiger partial charge in [-0.05, 0) is 12.8 Å². The van der Waals surface area contributed by atoms with Gasteiger partial charge in [0.2, 0.25) is 0 Å². The highest BCUT2D eigenvalue weighted by Gasteiger charge is 1.82. The zero-order chi connectivity index (χ0) is 7.82. The summed E-state index contributed by atoms with van der Waals surface area (Å²) in [6, 6.07) is 0. The van der Waals surface area contributed by atoms with Gasteiger partial charge in [0.15, 0.2) is 0 Å². The normalized spacial score (nSPS) is 9.70. The predicted octanol–water partition coefficient (Wildman–Crippen LogP) is 1.54. The van der Waals surface area contributed by atoms with Crippen molar-refractivity contribution in [3.05, 3.63) is 24.6 Å². The van der Waals surface area contributed by atoms with Crippen LogP contribution in [0.15, 0.2) is 29.5 Å². The molecule has 0 aliphatic carbocycles. The van der Waals surface area contributed by atoms with Crippen molar-refractivity contribution in [3.8, 4) is 0 Å². The van der Waals surface area contributed by atoms with Crippen LogP contribution in [0.25, 0.3) is 0 Å². The van der Waals surface area contributed by atoms with Crippen LogP contribution in [0.3, 0.4) is 0 Å². The van der Waals surface area contributed by atoms with Crippen LogP contribution in [0.5, 0.6) is 0 Å². The Morgan fingerprint density at radius 3 is 2.90 bits per heavy atom. The summed E-state index contributed by atoms with van der Waals surface area (Å²) in [7, 11) is 0. The molecule has 0 fully saturated rings. The number of hydrogen-bond acceptors (Lipinski definition) is 2. The number of nitrogens with one attached hydrogen (secondary N) is 1. The van der Waals surface area contributed by atoms with Gasteiger partial charge in [0.25, 0.3) is 0 Å². The van der Waals surface area contributed by atoms with Crippen LogP contribution in [0, 0.1) is 0 Å². The lowest BCUT2D eigenvalue weighted by atomic mass is 10.4. The maximum Gasteiger partial charge on any atom is 0.0396 e. The van der Waals surface area contributed by atoms with E-state index in [2.05, 4.69) is 23.6 Å². The van der Waals surface area contributed by atoms with E-state index in [0.717, 1.165) is 12.2 Å². The molecule has 0 aromatic carbocycles. The second kappa shape index (κ2) is 6.36. The Morgan fingerprint density at radius 2 is 2.40 bits per heavy atom. The highest BCUT2D eigenvalue weighted by molar-refractivity contribution is 6.18. The minimum Gasteiger partial charge on any atom is -0.384 e. The number of allylic oxidation sites excluding steroid dienone is 1. The smallest absolute Gasteiger partial charge is 0.0396 e. The van der Waals surface area contributed by atoms with Crippen molar-refractivity contribution in [2.45, 2.75) is 0 Å². The van der Waals surface area contributed by atoms with Crippen LogP contribution < -0.4 is 5.32 Å². The SMILES string of the molecule is C=N/C=C\C(=C)NCCCl. The van der Waals surface area contributed by atoms with Gasteiger partial charge < -0.3 is 5.32 Å². The van der Waals surface area contributed by atoms with Crippen LogP contribution in [-0.4, -0.2) is 19.1 Å². The Balaban J connectivity index is 3.43. The van der Waals surface area contributed by atoms with Crippen LogP contribution in [0.2, 0.25) is 0 Å². The maximum atomic E-state index is 5.42. The minimum absolute atomic E-state index is 0.578. The number of rotatable bonds is 5. The summed E-state index contributed by atoms with van der Waals surface area (Å²) in [6.07, 6.45) is 3.31. The van der Waals surface area contributed by atoms with Crippen molar-refractivity contribution in [3.63, 3.8) is 0 Å². The minimum atomic E-state index is 0.578. The molecule has 0 aliphatic heterocycles. The van der Waals surface area contributed by atoms with E-state index in [1.165, 1.54) is 0 Å². The van der Waals surface area contributed by atoms with E-state index in [1.54, 1.807) is 12.3 Å². The Morgan fingerprint density at radius 1 is 1.70 bits per heavy atom. The average molecular weight is 159 g/mol. The lowest BCUT2D eigenvalue weighted by Gasteiger charge is -2.00. The van der Waals surface area contributed by atoms with Crippen LogP contribution in [0.1, 0.15) is 0 Å². The third-order valence-electron chi connectivity index (χ3n) is 0.828. The summed E-state index contributed by atoms with van der Waals surface area (Å²) in [4.78, 5) is 3.52. The highest BCUT2D eigenvalue weighted by atomic mass is 35.5. The first-order valence-electron chi connectivity index (χ1n) is 2.92. The topological polar surface area (TPSA) is 24.4 Å². The molecule has 0 unspecified atom stereocenters. The number of aliphatic imine (C=N–C) groups is 1. The van der Waals surface area contributed by atoms with Gasteiger partial charge in [-0.2, -0.15) is 0 Å². The van der Waals surface area contributed by atoms with E-state index >= 15 is 0 Å². The number of alkyl halides is 1. The standard InChI is InChI=1S/C7H11ClN2/c1-7(3-5-9-2)10-6-4-8/h3,5,10H,1-2,4,6H2/b5-3-. The van der Waals surface area contributed by atoms with Gasteiger partial charge in [0.05, 0.1) is 0 Å². The van der Waals surface area contributed by atoms with Crippen molar-refractivity contribution < 1.29 is 0 Å². The van der Waals surface area contributed by atoms with Gasteiger partial charge in [-0.1, -0.05) is 6.58 Å². The summed E-state index contributed by atoms with van der Waals surface area (Å²) < 4.78 is 0. The van der Waals surface area contributed by atoms with Crippen molar-refractivity contribution in [1.29, 1.82) is 0 Å². The molecule has 0 amide bonds. The van der Waals surface area contributed by atoms with E-state index < -0.39 is 0 Å². The molecule has 0 saturated heterocycles. The van der Waals surface area contributed by atoms with Gasteiger partial charge in [0, 0.05) is 24.3 Å². The molecular formula is C7H11ClN2. The van der Waals surface area contributed by atoms with Crippen molar-refractivity contribution in [1.82, 2.24) is 5.32 Å². The molecule has 0 bridgehead atoms. The number of hydrogen-bond donors (Lipinski definition) is 1. The Kier molecular flexibility index (Phi) is 5.88. The fourth-order valence-corrected chi connectivity index (χ4v) is 0.504. The van der Waals surface area contributed by atoms with Gasteiger partial charge in [-0.25, -0.2) is 0 Å². The first-order valence-corrected chi connectivity index (χ1v) is 3.46. The molecule has 0 rings (SSSR count). The van der Waals surface area contributed by atoms with Crippen LogP contribution in [-0.2, 0) is 0 Å². The van der Waals surface area contributed by atoms with E-state index in [1.807, 2.05) is 0 Å². The first kappa shape index (κ1) is 9.24. The average Bonchev–Trinajstić information content (AvgIpc) is 1.97. The molecular weight excluding hydrogens is 148 g/mol. The zero-order valence-corrected chi connectivity index (χ0v) is 6.56. The molecule has 1 N–H and O–H groups in total. The van der Waals surface area contributed by atoms with Gasteiger partial charge in [-0.3, -0.25) is 4.99 Å². The van der Waals surface area contributed by atoms with E-state index in [-0.39, 0.29) is 0 Å². The molecule has 0 radical (unpaired) electrons. The Labute approximate surface area is 66.3 Å². The second-order valence-electron chi connectivity index (χ2n) is 1.64. The summed E-state index contributed by atoms with van der Waals surface area (Å²) in [5.41, 5.74) is 0.799. The van der Waals surface area contributed by atoms with Crippen molar-refractivity contribution >= 4 is 18.3 Å². The zero-order valence-electron chi connectivity index (χ0n) is 5.81. The Bertz CT molecular complexity index is 141. The van der Waals surface area contributed by atoms with E-state index in [4.69, 9.17) is 11.6 Å². The van der Waals surface area contributed by atoms with Gasteiger partial charge in [0.1, 0.15) is 0 Å². The molecule has 2 nitrogen and oxygen atoms in total. The summed E-state index contributed by atoms with van der Waals surface area (Å²) in [5.74, 6) is 0.578. The molecule has 0 heterocycles. The first-order chi connectivity index (χ1) is 4.81. The third-order valence-corrected chi connectivity index (χ3v) is 1.02. The molecule has 0 atom stereocenters. The van der Waals surface area contributed by atoms with Crippen molar-refractivity contribution in [2.24, 2.45) is 4.99 Å². The molecule has 0 spiro atoms. The molecule has 0 aromatic rings. The molecule has 0 aliphatic rings. The van der Waals surface area contributed by atoms with E-state index in [0.29, 0.717) is 5.88 Å². The van der Waals surface area contributed by atoms with Gasteiger partial charge >= 0.3 is 0 Å². The maximum absolute atomic E-state index is 5.42. The lowest BCUT2D eigenvalue weighted by Crippen LogP contribution is -2.13. The number of halogens is 1. The van der Waals surface area contributed by atoms with E-state index in [9.17, 15) is 0 Å². The fourth-order valence-electron chi connectivity index (χ4n) is 0.409. The predicted molar refractivity (Wildman–Crippen MR) is 46.6 cm³/mol. The van der Waals surface area contributed by atoms with Crippen molar-refractivity contribution in [2.75, 3.05) is 12.4 Å². The van der Waals surface area contributed by atoms with Gasteiger partial charge in [-0.15, -0.1) is 11.6 Å². The molecule has 10 heavy (non-hydrogen) atoms. The fraction of sp³-hybridized carbons (Fsp3) is 0.286. The molecule has 3 heteroatoms. The number of nitrogens with zero attached hydrogens (tertiary/aromatic N) is 1. The summed E-state index contributed by atoms with van der Waals surface area (Å²) in [6.45, 7) is 7.69.